The number of aliphatic hydroxyl groups is 7. The van der Waals surface area contributed by atoms with E-state index in [-0.39, 0.29) is 39.9 Å². The van der Waals surface area contributed by atoms with E-state index >= 15 is 0 Å². The minimum Gasteiger partial charge on any atom is -0.571 e. The van der Waals surface area contributed by atoms with Crippen LogP contribution >= 0.6 is 0 Å². The number of phenolic OH excluding ortho intramolecular Hbond substituents is 4. The monoisotopic (exact) mass is 627 g/mol. The molecule has 2 fully saturated rings. The average molecular weight is 628 g/mol. The molecule has 0 aromatic heterocycles. The third-order valence-electron chi connectivity index (χ3n) is 7.71. The predicted octanol–water partition coefficient (Wildman–Crippen LogP) is -1.48. The maximum absolute atomic E-state index is 10.8. The number of benzene rings is 2. The second-order valence-corrected chi connectivity index (χ2v) is 10.7. The molecule has 0 aliphatic carbocycles. The summed E-state index contributed by atoms with van der Waals surface area (Å²) in [7, 11) is 1.26. The van der Waals surface area contributed by atoms with Crippen LogP contribution in [0.2, 0.25) is 0 Å². The van der Waals surface area contributed by atoms with Gasteiger partial charge in [0.2, 0.25) is 12.0 Å². The van der Waals surface area contributed by atoms with Gasteiger partial charge in [-0.1, -0.05) is 0 Å². The van der Waals surface area contributed by atoms with Crippen molar-refractivity contribution in [1.29, 1.82) is 0 Å². The molecule has 16 heteroatoms. The van der Waals surface area contributed by atoms with Gasteiger partial charge in [0.05, 0.1) is 31.5 Å². The molecule has 2 aromatic carbocycles. The van der Waals surface area contributed by atoms with E-state index in [1.54, 1.807) is 0 Å². The SMILES string of the molecule is COc1cc(C2[OH+]c3cc(O)cc(O)c3C=C2O[C@@H]2OC(CO[C@@H]3OC(C)[C@H](O)[C@H](O)C3O)[C@@H](O)C(O)C2O)cc(O)c1O. The Bertz CT molecular complexity index is 1380. The highest BCUT2D eigenvalue weighted by molar-refractivity contribution is 5.69. The molecule has 2 saturated heterocycles. The van der Waals surface area contributed by atoms with Gasteiger partial charge in [-0.15, -0.1) is 0 Å². The summed E-state index contributed by atoms with van der Waals surface area (Å²) in [6.45, 7) is 0.924. The van der Waals surface area contributed by atoms with Gasteiger partial charge in [-0.05, 0) is 19.1 Å². The van der Waals surface area contributed by atoms with Gasteiger partial charge >= 0.3 is 0 Å². The van der Waals surface area contributed by atoms with Crippen LogP contribution < -0.4 is 4.74 Å². The summed E-state index contributed by atoms with van der Waals surface area (Å²) in [5.41, 5.74) is 0.328. The first-order chi connectivity index (χ1) is 20.8. The summed E-state index contributed by atoms with van der Waals surface area (Å²) in [6, 6.07) is 4.86. The zero-order chi connectivity index (χ0) is 32.0. The van der Waals surface area contributed by atoms with Crippen molar-refractivity contribution in [3.8, 4) is 34.5 Å². The number of rotatable bonds is 7. The Hall–Kier alpha value is -3.58. The van der Waals surface area contributed by atoms with E-state index in [4.69, 9.17) is 23.7 Å². The van der Waals surface area contributed by atoms with Gasteiger partial charge in [0, 0.05) is 12.1 Å². The smallest absolute Gasteiger partial charge is 0.270 e. The number of phenols is 4. The van der Waals surface area contributed by atoms with Gasteiger partial charge in [-0.3, -0.25) is 0 Å². The lowest BCUT2D eigenvalue weighted by atomic mass is 9.98. The fraction of sp³-hybridized carbons (Fsp3) is 0.500. The van der Waals surface area contributed by atoms with Crippen molar-refractivity contribution in [3.05, 3.63) is 41.2 Å². The number of methoxy groups -OCH3 is 1. The molecule has 44 heavy (non-hydrogen) atoms. The third kappa shape index (κ3) is 5.91. The molecule has 0 radical (unpaired) electrons. The molecule has 5 rings (SSSR count). The van der Waals surface area contributed by atoms with Crippen LogP contribution in [0, 0.1) is 0 Å². The molecule has 3 aliphatic heterocycles. The number of aliphatic hydroxyl groups excluding tert-OH is 6. The Kier molecular flexibility index (Phi) is 8.99. The Morgan fingerprint density at radius 1 is 0.773 bits per heavy atom. The zero-order valence-electron chi connectivity index (χ0n) is 23.4. The summed E-state index contributed by atoms with van der Waals surface area (Å²) < 4.78 is 32.2. The molecule has 3 heterocycles. The number of aromatic hydroxyl groups is 5. The minimum atomic E-state index is -1.83. The predicted molar refractivity (Wildman–Crippen MR) is 145 cm³/mol. The summed E-state index contributed by atoms with van der Waals surface area (Å²) in [6.07, 6.45) is -15.1. The van der Waals surface area contributed by atoms with Crippen LogP contribution in [-0.2, 0) is 18.9 Å². The molecule has 0 bridgehead atoms. The summed E-state index contributed by atoms with van der Waals surface area (Å²) >= 11 is 0. The van der Waals surface area contributed by atoms with Gasteiger partial charge in [-0.25, -0.2) is 0 Å². The van der Waals surface area contributed by atoms with E-state index in [0.717, 1.165) is 6.07 Å². The van der Waals surface area contributed by atoms with E-state index in [1.165, 1.54) is 38.3 Å². The molecule has 6 unspecified atom stereocenters. The van der Waals surface area contributed by atoms with E-state index in [2.05, 4.69) is 4.74 Å². The Balaban J connectivity index is 1.42. The van der Waals surface area contributed by atoms with Gasteiger partial charge < -0.3 is 79.5 Å². The first-order valence-electron chi connectivity index (χ1n) is 13.6. The number of ether oxygens (including phenoxy) is 6. The first-order valence-corrected chi connectivity index (χ1v) is 13.6. The first kappa shape index (κ1) is 31.8. The molecule has 11 N–H and O–H groups in total. The van der Waals surface area contributed by atoms with Crippen LogP contribution in [0.15, 0.2) is 30.0 Å². The maximum Gasteiger partial charge on any atom is 0.270 e. The van der Waals surface area contributed by atoms with Gasteiger partial charge in [-0.2, -0.15) is 0 Å². The summed E-state index contributed by atoms with van der Waals surface area (Å²) in [5, 5.41) is 103. The van der Waals surface area contributed by atoms with E-state index in [1.807, 2.05) is 0 Å². The highest BCUT2D eigenvalue weighted by atomic mass is 16.7. The average Bonchev–Trinajstić information content (AvgIpc) is 2.99. The van der Waals surface area contributed by atoms with Crippen molar-refractivity contribution >= 4 is 6.08 Å². The quantitative estimate of drug-likeness (QED) is 0.124. The third-order valence-corrected chi connectivity index (χ3v) is 7.71. The minimum absolute atomic E-state index is 0.0880. The van der Waals surface area contributed by atoms with Crippen LogP contribution in [0.25, 0.3) is 6.08 Å². The molecule has 2 aromatic rings. The van der Waals surface area contributed by atoms with Gasteiger partial charge in [0.15, 0.2) is 23.5 Å². The molecule has 0 saturated carbocycles. The molecular weight excluding hydrogens is 592 g/mol. The van der Waals surface area contributed by atoms with Crippen LogP contribution in [0.3, 0.4) is 0 Å². The lowest BCUT2D eigenvalue weighted by molar-refractivity contribution is -0.325. The molecule has 0 amide bonds. The Morgan fingerprint density at radius 2 is 1.45 bits per heavy atom. The highest BCUT2D eigenvalue weighted by Crippen LogP contribution is 2.47. The van der Waals surface area contributed by atoms with Crippen molar-refractivity contribution < 1.29 is 79.5 Å². The van der Waals surface area contributed by atoms with Crippen LogP contribution in [0.4, 0.5) is 0 Å². The summed E-state index contributed by atoms with van der Waals surface area (Å²) in [4.78, 5) is 0. The van der Waals surface area contributed by atoms with Crippen LogP contribution in [0.5, 0.6) is 34.5 Å². The molecule has 16 nitrogen and oxygen atoms in total. The van der Waals surface area contributed by atoms with Crippen molar-refractivity contribution in [3.63, 3.8) is 0 Å². The van der Waals surface area contributed by atoms with Crippen molar-refractivity contribution in [2.24, 2.45) is 0 Å². The highest BCUT2D eigenvalue weighted by Gasteiger charge is 2.48. The van der Waals surface area contributed by atoms with E-state index in [0.29, 0.717) is 0 Å². The second-order valence-electron chi connectivity index (χ2n) is 10.7. The lowest BCUT2D eigenvalue weighted by Gasteiger charge is -2.42. The number of fused-ring (bicyclic) bond motifs is 1. The second kappa shape index (κ2) is 12.4. The lowest BCUT2D eigenvalue weighted by Crippen LogP contribution is -2.61. The number of hydrogen-bond donors (Lipinski definition) is 10. The standard InChI is InChI=1S/C28H34O16/c1-9-19(32)22(35)24(37)27(41-9)40-8-18-21(34)23(36)25(38)28(44-18)43-17-7-12-13(30)5-11(29)6-15(12)42-26(17)10-3-14(31)20(33)16(4-10)39-2/h3-7,9,18-19,21-38H,8H2,1-2H3/p+1/t9?,18?,19-,21+,22-,23?,24?,25?,26?,27+,28+/m0/s1. The zero-order valence-corrected chi connectivity index (χ0v) is 23.4. The number of hydrogen-bond acceptors (Lipinski definition) is 15. The Morgan fingerprint density at radius 3 is 2.16 bits per heavy atom. The fourth-order valence-electron chi connectivity index (χ4n) is 5.18. The maximum atomic E-state index is 10.8. The fourth-order valence-corrected chi connectivity index (χ4v) is 5.18. The molecule has 3 aliphatic rings. The largest absolute Gasteiger partial charge is 0.571 e. The molecule has 242 valence electrons. The molecular formula is C28H35O16+. The normalized spacial score (nSPS) is 35.3. The van der Waals surface area contributed by atoms with Crippen LogP contribution in [-0.4, -0.2) is 131 Å². The molecule has 11 atom stereocenters. The molecule has 0 spiro atoms. The van der Waals surface area contributed by atoms with E-state index in [9.17, 15) is 51.1 Å². The van der Waals surface area contributed by atoms with Crippen molar-refractivity contribution in [1.82, 2.24) is 0 Å². The topological polar surface area (TPSA) is 261 Å². The van der Waals surface area contributed by atoms with Crippen molar-refractivity contribution in [2.45, 2.75) is 74.4 Å². The van der Waals surface area contributed by atoms with Gasteiger partial charge in [0.1, 0.15) is 59.8 Å². The van der Waals surface area contributed by atoms with Gasteiger partial charge in [0.25, 0.3) is 11.9 Å². The Labute approximate surface area is 249 Å². The van der Waals surface area contributed by atoms with E-state index < -0.39 is 85.6 Å². The van der Waals surface area contributed by atoms with Crippen LogP contribution in [0.1, 0.15) is 24.2 Å². The van der Waals surface area contributed by atoms with Crippen molar-refractivity contribution in [2.75, 3.05) is 13.7 Å². The summed E-state index contributed by atoms with van der Waals surface area (Å²) in [5.74, 6) is -1.81.